The molecule has 7 aromatic rings. The van der Waals surface area contributed by atoms with Crippen molar-refractivity contribution in [2.75, 3.05) is 0 Å². The van der Waals surface area contributed by atoms with Crippen LogP contribution in [0.3, 0.4) is 0 Å². The van der Waals surface area contributed by atoms with E-state index in [0.29, 0.717) is 0 Å². The smallest absolute Gasteiger partial charge is 0.0832 e. The Morgan fingerprint density at radius 1 is 0.629 bits per heavy atom. The summed E-state index contributed by atoms with van der Waals surface area (Å²) in [6, 6.07) is 32.3. The number of rotatable bonds is 2. The van der Waals surface area contributed by atoms with Crippen LogP contribution in [0.4, 0.5) is 0 Å². The molecule has 0 aliphatic carbocycles. The van der Waals surface area contributed by atoms with Crippen LogP contribution in [0.2, 0.25) is 0 Å². The molecule has 0 radical (unpaired) electrons. The zero-order chi connectivity index (χ0) is 23.5. The fourth-order valence-electron chi connectivity index (χ4n) is 5.56. The van der Waals surface area contributed by atoms with E-state index in [-0.39, 0.29) is 0 Å². The third-order valence-electron chi connectivity index (χ3n) is 7.14. The van der Waals surface area contributed by atoms with Crippen LogP contribution in [0.5, 0.6) is 0 Å². The molecule has 0 unspecified atom stereocenters. The summed E-state index contributed by atoms with van der Waals surface area (Å²) in [4.78, 5) is 9.56. The molecule has 3 heterocycles. The van der Waals surface area contributed by atoms with Gasteiger partial charge in [-0.15, -0.1) is 0 Å². The van der Waals surface area contributed by atoms with Gasteiger partial charge >= 0.3 is 0 Å². The highest BCUT2D eigenvalue weighted by Crippen LogP contribution is 2.42. The third kappa shape index (κ3) is 2.85. The largest absolute Gasteiger partial charge is 0.308 e. The van der Waals surface area contributed by atoms with E-state index in [1.54, 1.807) is 0 Å². The number of fused-ring (bicyclic) bond motifs is 6. The normalized spacial score (nSPS) is 11.7. The van der Waals surface area contributed by atoms with Crippen LogP contribution in [-0.4, -0.2) is 14.5 Å². The van der Waals surface area contributed by atoms with Gasteiger partial charge in [-0.3, -0.25) is 9.97 Å². The maximum atomic E-state index is 4.78. The van der Waals surface area contributed by atoms with Gasteiger partial charge in [0.2, 0.25) is 0 Å². The SMILES string of the molecule is Cc1ccccc1-c1c(C)ccc2c1c1ccccc1n2-c1cccc2ncc3cccnc3c12. The van der Waals surface area contributed by atoms with Gasteiger partial charge in [0.1, 0.15) is 0 Å². The van der Waals surface area contributed by atoms with Crippen molar-refractivity contribution in [2.45, 2.75) is 13.8 Å². The highest BCUT2D eigenvalue weighted by atomic mass is 15.0. The first-order valence-electron chi connectivity index (χ1n) is 11.9. The lowest BCUT2D eigenvalue weighted by Crippen LogP contribution is -1.98. The summed E-state index contributed by atoms with van der Waals surface area (Å²) in [7, 11) is 0. The minimum absolute atomic E-state index is 0.950. The van der Waals surface area contributed by atoms with Gasteiger partial charge in [-0.05, 0) is 72.5 Å². The van der Waals surface area contributed by atoms with Gasteiger partial charge in [0.15, 0.2) is 0 Å². The fourth-order valence-corrected chi connectivity index (χ4v) is 5.56. The highest BCUT2D eigenvalue weighted by Gasteiger charge is 2.20. The molecule has 0 fully saturated rings. The quantitative estimate of drug-likeness (QED) is 0.249. The number of aromatic nitrogens is 3. The molecule has 0 atom stereocenters. The van der Waals surface area contributed by atoms with Gasteiger partial charge in [0.25, 0.3) is 0 Å². The molecule has 0 spiro atoms. The summed E-state index contributed by atoms with van der Waals surface area (Å²) in [5.74, 6) is 0. The molecule has 0 bridgehead atoms. The molecule has 0 saturated heterocycles. The van der Waals surface area contributed by atoms with Gasteiger partial charge in [-0.25, -0.2) is 0 Å². The van der Waals surface area contributed by atoms with Crippen molar-refractivity contribution >= 4 is 43.6 Å². The molecule has 0 aliphatic heterocycles. The van der Waals surface area contributed by atoms with Crippen LogP contribution >= 0.6 is 0 Å². The van der Waals surface area contributed by atoms with Crippen molar-refractivity contribution in [3.8, 4) is 16.8 Å². The number of aryl methyl sites for hydroxylation is 2. The first-order valence-corrected chi connectivity index (χ1v) is 11.9. The minimum Gasteiger partial charge on any atom is -0.308 e. The second-order valence-corrected chi connectivity index (χ2v) is 9.19. The molecule has 35 heavy (non-hydrogen) atoms. The molecule has 0 aliphatic rings. The predicted octanol–water partition coefficient (Wildman–Crippen LogP) is 8.16. The zero-order valence-electron chi connectivity index (χ0n) is 19.7. The lowest BCUT2D eigenvalue weighted by Gasteiger charge is -2.14. The Hall–Kier alpha value is -4.50. The van der Waals surface area contributed by atoms with E-state index >= 15 is 0 Å². The van der Waals surface area contributed by atoms with Crippen LogP contribution in [0.15, 0.2) is 103 Å². The number of hydrogen-bond donors (Lipinski definition) is 0. The molecule has 3 nitrogen and oxygen atoms in total. The second kappa shape index (κ2) is 7.51. The monoisotopic (exact) mass is 449 g/mol. The molecule has 0 N–H and O–H groups in total. The van der Waals surface area contributed by atoms with Gasteiger partial charge < -0.3 is 4.57 Å². The van der Waals surface area contributed by atoms with E-state index in [9.17, 15) is 0 Å². The molecular formula is C32H23N3. The lowest BCUT2D eigenvalue weighted by molar-refractivity contribution is 1.19. The Bertz CT molecular complexity index is 1930. The Kier molecular flexibility index (Phi) is 4.27. The molecular weight excluding hydrogens is 426 g/mol. The average Bonchev–Trinajstić information content (AvgIpc) is 3.23. The van der Waals surface area contributed by atoms with Crippen LogP contribution < -0.4 is 0 Å². The number of para-hydroxylation sites is 1. The Morgan fingerprint density at radius 2 is 1.49 bits per heavy atom. The fraction of sp³-hybridized carbons (Fsp3) is 0.0625. The van der Waals surface area contributed by atoms with Crippen LogP contribution in [0.25, 0.3) is 60.4 Å². The van der Waals surface area contributed by atoms with Gasteiger partial charge in [-0.1, -0.05) is 54.6 Å². The maximum Gasteiger partial charge on any atom is 0.0832 e. The molecule has 0 amide bonds. The Morgan fingerprint density at radius 3 is 2.40 bits per heavy atom. The number of pyridine rings is 2. The van der Waals surface area contributed by atoms with Crippen molar-refractivity contribution in [3.05, 3.63) is 115 Å². The summed E-state index contributed by atoms with van der Waals surface area (Å²) < 4.78 is 2.39. The second-order valence-electron chi connectivity index (χ2n) is 9.19. The summed E-state index contributed by atoms with van der Waals surface area (Å²) in [6.45, 7) is 4.41. The zero-order valence-corrected chi connectivity index (χ0v) is 19.7. The van der Waals surface area contributed by atoms with Crippen molar-refractivity contribution < 1.29 is 0 Å². The van der Waals surface area contributed by atoms with E-state index in [1.165, 1.54) is 44.1 Å². The summed E-state index contributed by atoms with van der Waals surface area (Å²) >= 11 is 0. The molecule has 3 heteroatoms. The predicted molar refractivity (Wildman–Crippen MR) is 146 cm³/mol. The van der Waals surface area contributed by atoms with E-state index in [4.69, 9.17) is 9.97 Å². The Labute approximate surface area is 203 Å². The lowest BCUT2D eigenvalue weighted by atomic mass is 9.92. The average molecular weight is 450 g/mol. The van der Waals surface area contributed by atoms with E-state index in [1.807, 2.05) is 18.5 Å². The van der Waals surface area contributed by atoms with Gasteiger partial charge in [0.05, 0.1) is 33.1 Å². The van der Waals surface area contributed by atoms with Crippen molar-refractivity contribution in [1.29, 1.82) is 0 Å². The summed E-state index contributed by atoms with van der Waals surface area (Å²) in [6.07, 6.45) is 3.78. The molecule has 3 aromatic heterocycles. The van der Waals surface area contributed by atoms with Crippen molar-refractivity contribution in [3.63, 3.8) is 0 Å². The van der Waals surface area contributed by atoms with E-state index in [2.05, 4.69) is 103 Å². The van der Waals surface area contributed by atoms with Gasteiger partial charge in [-0.2, -0.15) is 0 Å². The molecule has 166 valence electrons. The molecule has 4 aromatic carbocycles. The maximum absolute atomic E-state index is 4.78. The van der Waals surface area contributed by atoms with Crippen LogP contribution in [0.1, 0.15) is 11.1 Å². The number of hydrogen-bond acceptors (Lipinski definition) is 2. The van der Waals surface area contributed by atoms with Crippen LogP contribution in [0, 0.1) is 13.8 Å². The molecule has 7 rings (SSSR count). The minimum atomic E-state index is 0.950. The topological polar surface area (TPSA) is 30.7 Å². The summed E-state index contributed by atoms with van der Waals surface area (Å²) in [5.41, 5.74) is 10.5. The van der Waals surface area contributed by atoms with E-state index < -0.39 is 0 Å². The van der Waals surface area contributed by atoms with Crippen LogP contribution in [-0.2, 0) is 0 Å². The highest BCUT2D eigenvalue weighted by molar-refractivity contribution is 6.18. The van der Waals surface area contributed by atoms with Crippen molar-refractivity contribution in [2.24, 2.45) is 0 Å². The van der Waals surface area contributed by atoms with E-state index in [0.717, 1.165) is 27.5 Å². The van der Waals surface area contributed by atoms with Crippen molar-refractivity contribution in [1.82, 2.24) is 14.5 Å². The Balaban J connectivity index is 1.70. The first-order chi connectivity index (χ1) is 17.2. The third-order valence-corrected chi connectivity index (χ3v) is 7.14. The standard InChI is InChI=1S/C32H23N3/c1-20-9-3-4-11-23(20)29-21(2)16-17-28-30(29)24-12-5-6-14-26(24)35(28)27-15-7-13-25-31(27)32-22(19-34-25)10-8-18-33-32/h3-19H,1-2H3. The summed E-state index contributed by atoms with van der Waals surface area (Å²) in [5, 5.41) is 4.66. The number of nitrogens with zero attached hydrogens (tertiary/aromatic N) is 3. The molecule has 0 saturated carbocycles. The van der Waals surface area contributed by atoms with Gasteiger partial charge in [0, 0.05) is 28.6 Å². The first kappa shape index (κ1) is 19.9. The number of benzene rings is 4.